The molecule has 3 N–H and O–H groups in total. The molecule has 3 heterocycles. The van der Waals surface area contributed by atoms with Gasteiger partial charge in [-0.1, -0.05) is 20.8 Å². The Balaban J connectivity index is 1.23. The van der Waals surface area contributed by atoms with Crippen LogP contribution in [0.5, 0.6) is 11.5 Å². The molecule has 12 nitrogen and oxygen atoms in total. The van der Waals surface area contributed by atoms with Gasteiger partial charge in [0, 0.05) is 36.3 Å². The molecule has 1 unspecified atom stereocenters. The van der Waals surface area contributed by atoms with Crippen LogP contribution in [0.1, 0.15) is 46.5 Å². The molecule has 3 fully saturated rings. The van der Waals surface area contributed by atoms with Crippen molar-refractivity contribution in [1.29, 1.82) is 0 Å². The van der Waals surface area contributed by atoms with Gasteiger partial charge in [-0.3, -0.25) is 9.59 Å². The van der Waals surface area contributed by atoms with Crippen LogP contribution < -0.4 is 20.5 Å². The van der Waals surface area contributed by atoms with Crippen molar-refractivity contribution in [1.82, 2.24) is 25.0 Å². The van der Waals surface area contributed by atoms with E-state index in [0.717, 1.165) is 18.2 Å². The molecule has 0 bridgehead atoms. The van der Waals surface area contributed by atoms with Gasteiger partial charge in [0.1, 0.15) is 35.8 Å². The predicted molar refractivity (Wildman–Crippen MR) is 157 cm³/mol. The summed E-state index contributed by atoms with van der Waals surface area (Å²) in [4.78, 5) is 45.6. The maximum atomic E-state index is 14.0. The summed E-state index contributed by atoms with van der Waals surface area (Å²) < 4.78 is 19.2. The first kappa shape index (κ1) is 28.8. The summed E-state index contributed by atoms with van der Waals surface area (Å²) in [5.74, 6) is 1.96. The first-order chi connectivity index (χ1) is 20.5. The van der Waals surface area contributed by atoms with E-state index < -0.39 is 41.5 Å². The standard InChI is InChI=1S/C31H38N6O6/c1-31(2,3)27(35-30(40)43-20-11-17-10-18(17)12-20)29(39)36-16-21(14-24(36)28(32)38)42-25-15-26(37-9-5-8-33-37)34-23-13-19(41-4)6-7-22(23)25/h5-9,13,15,17-18,20-21,24,27H,10-12,14,16H2,1-4H3,(H2,32,38)(H,35,40)/t17-,18+,20?,21-,24+,27-/m1/s1. The number of hydrogen-bond donors (Lipinski definition) is 2. The number of nitrogens with zero attached hydrogens (tertiary/aromatic N) is 4. The molecule has 6 rings (SSSR count). The van der Waals surface area contributed by atoms with Crippen LogP contribution in [0.25, 0.3) is 16.7 Å². The van der Waals surface area contributed by atoms with Gasteiger partial charge >= 0.3 is 6.09 Å². The second-order valence-electron chi connectivity index (χ2n) is 12.9. The van der Waals surface area contributed by atoms with Crippen molar-refractivity contribution in [3.05, 3.63) is 42.7 Å². The van der Waals surface area contributed by atoms with Crippen LogP contribution in [0.15, 0.2) is 42.7 Å². The fourth-order valence-electron chi connectivity index (χ4n) is 6.36. The number of pyridine rings is 1. The molecule has 43 heavy (non-hydrogen) atoms. The number of amides is 3. The number of carbonyl (C=O) groups excluding carboxylic acids is 3. The second-order valence-corrected chi connectivity index (χ2v) is 12.9. The molecule has 0 radical (unpaired) electrons. The highest BCUT2D eigenvalue weighted by atomic mass is 16.6. The molecule has 3 aromatic rings. The number of nitrogens with two attached hydrogens (primary N) is 1. The number of aromatic nitrogens is 3. The fourth-order valence-corrected chi connectivity index (χ4v) is 6.36. The number of benzene rings is 1. The molecule has 1 saturated heterocycles. The minimum atomic E-state index is -0.933. The zero-order valence-electron chi connectivity index (χ0n) is 24.9. The number of hydrogen-bond acceptors (Lipinski definition) is 8. The summed E-state index contributed by atoms with van der Waals surface area (Å²) in [5, 5.41) is 7.82. The lowest BCUT2D eigenvalue weighted by molar-refractivity contribution is -0.141. The molecule has 2 saturated carbocycles. The number of nitrogens with one attached hydrogen (secondary N) is 1. The third-order valence-electron chi connectivity index (χ3n) is 8.72. The zero-order chi connectivity index (χ0) is 30.5. The van der Waals surface area contributed by atoms with E-state index in [1.165, 1.54) is 11.3 Å². The number of methoxy groups -OCH3 is 1. The molecular formula is C31H38N6O6. The van der Waals surface area contributed by atoms with Crippen molar-refractivity contribution in [2.45, 2.75) is 70.7 Å². The van der Waals surface area contributed by atoms with E-state index in [1.54, 1.807) is 42.4 Å². The number of fused-ring (bicyclic) bond motifs is 2. The largest absolute Gasteiger partial charge is 0.497 e. The molecule has 1 aromatic carbocycles. The Kier molecular flexibility index (Phi) is 7.39. The average Bonchev–Trinajstić information content (AvgIpc) is 3.38. The van der Waals surface area contributed by atoms with Crippen LogP contribution in [-0.2, 0) is 14.3 Å². The number of rotatable bonds is 8. The maximum Gasteiger partial charge on any atom is 0.408 e. The Bertz CT molecular complexity index is 1530. The van der Waals surface area contributed by atoms with Crippen molar-refractivity contribution in [2.24, 2.45) is 23.0 Å². The van der Waals surface area contributed by atoms with Crippen LogP contribution in [0, 0.1) is 17.3 Å². The van der Waals surface area contributed by atoms with Crippen molar-refractivity contribution < 1.29 is 28.6 Å². The molecule has 0 spiro atoms. The molecular weight excluding hydrogens is 552 g/mol. The van der Waals surface area contributed by atoms with Crippen molar-refractivity contribution >= 4 is 28.8 Å². The number of ether oxygens (including phenoxy) is 3. The molecule has 12 heteroatoms. The molecule has 228 valence electrons. The Labute approximate surface area is 249 Å². The van der Waals surface area contributed by atoms with Gasteiger partial charge in [-0.2, -0.15) is 5.10 Å². The topological polar surface area (TPSA) is 151 Å². The zero-order valence-corrected chi connectivity index (χ0v) is 24.9. The minimum Gasteiger partial charge on any atom is -0.497 e. The molecule has 2 aromatic heterocycles. The van der Waals surface area contributed by atoms with Crippen LogP contribution >= 0.6 is 0 Å². The maximum absolute atomic E-state index is 14.0. The van der Waals surface area contributed by atoms with Crippen LogP contribution in [0.3, 0.4) is 0 Å². The van der Waals surface area contributed by atoms with E-state index >= 15 is 0 Å². The number of alkyl carbamates (subject to hydrolysis) is 1. The monoisotopic (exact) mass is 590 g/mol. The molecule has 3 amide bonds. The molecule has 1 aliphatic heterocycles. The first-order valence-electron chi connectivity index (χ1n) is 14.7. The van der Waals surface area contributed by atoms with Crippen LogP contribution in [-0.4, -0.2) is 75.5 Å². The van der Waals surface area contributed by atoms with E-state index in [2.05, 4.69) is 10.4 Å². The van der Waals surface area contributed by atoms with Gasteiger partial charge in [-0.25, -0.2) is 14.5 Å². The lowest BCUT2D eigenvalue weighted by Gasteiger charge is -2.35. The summed E-state index contributed by atoms with van der Waals surface area (Å²) in [6.07, 6.45) is 5.31. The molecule has 3 aliphatic rings. The predicted octanol–water partition coefficient (Wildman–Crippen LogP) is 3.20. The first-order valence-corrected chi connectivity index (χ1v) is 14.7. The molecule has 2 aliphatic carbocycles. The van der Waals surface area contributed by atoms with Gasteiger partial charge in [0.25, 0.3) is 0 Å². The van der Waals surface area contributed by atoms with Gasteiger partial charge in [-0.15, -0.1) is 0 Å². The van der Waals surface area contributed by atoms with E-state index in [0.29, 0.717) is 34.7 Å². The fraction of sp³-hybridized carbons (Fsp3) is 0.516. The normalized spacial score (nSPS) is 25.2. The number of likely N-dealkylation sites (tertiary alicyclic amines) is 1. The summed E-state index contributed by atoms with van der Waals surface area (Å²) in [5.41, 5.74) is 5.77. The summed E-state index contributed by atoms with van der Waals surface area (Å²) in [6, 6.07) is 7.20. The van der Waals surface area contributed by atoms with Gasteiger partial charge in [0.05, 0.1) is 19.2 Å². The second kappa shape index (κ2) is 11.1. The number of primary amides is 1. The van der Waals surface area contributed by atoms with Crippen molar-refractivity contribution in [3.8, 4) is 17.3 Å². The Morgan fingerprint density at radius 3 is 2.49 bits per heavy atom. The summed E-state index contributed by atoms with van der Waals surface area (Å²) in [7, 11) is 1.58. The van der Waals surface area contributed by atoms with Gasteiger partial charge < -0.3 is 30.2 Å². The Hall–Kier alpha value is -4.35. The van der Waals surface area contributed by atoms with Gasteiger partial charge in [-0.05, 0) is 54.7 Å². The smallest absolute Gasteiger partial charge is 0.408 e. The van der Waals surface area contributed by atoms with Crippen molar-refractivity contribution in [3.63, 3.8) is 0 Å². The Morgan fingerprint density at radius 1 is 1.07 bits per heavy atom. The minimum absolute atomic E-state index is 0.110. The van der Waals surface area contributed by atoms with Gasteiger partial charge in [0.15, 0.2) is 5.82 Å². The van der Waals surface area contributed by atoms with Gasteiger partial charge in [0.2, 0.25) is 11.8 Å². The van der Waals surface area contributed by atoms with E-state index in [9.17, 15) is 14.4 Å². The third kappa shape index (κ3) is 5.95. The Morgan fingerprint density at radius 2 is 1.84 bits per heavy atom. The lowest BCUT2D eigenvalue weighted by atomic mass is 9.85. The summed E-state index contributed by atoms with van der Waals surface area (Å²) in [6.45, 7) is 5.69. The highest BCUT2D eigenvalue weighted by molar-refractivity contribution is 5.92. The van der Waals surface area contributed by atoms with E-state index in [4.69, 9.17) is 24.9 Å². The van der Waals surface area contributed by atoms with E-state index in [1.807, 2.05) is 32.9 Å². The van der Waals surface area contributed by atoms with Crippen molar-refractivity contribution in [2.75, 3.05) is 13.7 Å². The highest BCUT2D eigenvalue weighted by Crippen LogP contribution is 2.52. The number of carbonyl (C=O) groups is 3. The lowest BCUT2D eigenvalue weighted by Crippen LogP contribution is -2.57. The van der Waals surface area contributed by atoms with Crippen LogP contribution in [0.2, 0.25) is 0 Å². The SMILES string of the molecule is COc1ccc2c(O[C@@H]3C[C@@H](C(N)=O)N(C(=O)[C@@H](NC(=O)OC4C[C@@H]5C[C@@H]5C4)C(C)(C)C)C3)cc(-n3cccn3)nc2c1. The molecule has 6 atom stereocenters. The average molecular weight is 591 g/mol. The summed E-state index contributed by atoms with van der Waals surface area (Å²) >= 11 is 0. The van der Waals surface area contributed by atoms with Crippen LogP contribution in [0.4, 0.5) is 4.79 Å². The van der Waals surface area contributed by atoms with E-state index in [-0.39, 0.29) is 19.1 Å². The third-order valence-corrected chi connectivity index (χ3v) is 8.72. The highest BCUT2D eigenvalue weighted by Gasteiger charge is 2.48. The quantitative estimate of drug-likeness (QED) is 0.406.